The summed E-state index contributed by atoms with van der Waals surface area (Å²) >= 11 is 0. The van der Waals surface area contributed by atoms with Gasteiger partial charge in [-0.05, 0) is 50.0 Å². The van der Waals surface area contributed by atoms with E-state index in [9.17, 15) is 38.2 Å². The number of methoxy groups -OCH3 is 1. The van der Waals surface area contributed by atoms with Crippen LogP contribution in [0.1, 0.15) is 41.0 Å². The van der Waals surface area contributed by atoms with E-state index >= 15 is 0 Å². The van der Waals surface area contributed by atoms with Crippen LogP contribution >= 0.6 is 0 Å². The highest BCUT2D eigenvalue weighted by Gasteiger charge is 2.58. The average Bonchev–Trinajstić information content (AvgIpc) is 2.80. The predicted octanol–water partition coefficient (Wildman–Crippen LogP) is 3.94. The standard InChI is InChI=1S/C23H33N3O10SSi/c1-14(2)19(22(28)35-6)24-20(27)16(11-12-36-38(7,8)23(3,4)5)21(24)37(33,34)18-10-9-15(25(29)30)13-17(18)26(31)32/h9-10,13,16,21H,11-12H2,1-8H3/t16-,21-/m1/s1. The van der Waals surface area contributed by atoms with E-state index in [1.54, 1.807) is 0 Å². The monoisotopic (exact) mass is 571 g/mol. The van der Waals surface area contributed by atoms with Crippen LogP contribution in [0, 0.1) is 26.1 Å². The van der Waals surface area contributed by atoms with Crippen molar-refractivity contribution in [3.05, 3.63) is 49.7 Å². The molecule has 38 heavy (non-hydrogen) atoms. The van der Waals surface area contributed by atoms with Crippen molar-refractivity contribution in [3.63, 3.8) is 0 Å². The second-order valence-electron chi connectivity index (χ2n) is 10.7. The molecule has 2 atom stereocenters. The largest absolute Gasteiger partial charge is 0.464 e. The lowest BCUT2D eigenvalue weighted by atomic mass is 9.93. The number of sulfone groups is 1. The molecule has 15 heteroatoms. The quantitative estimate of drug-likeness (QED) is 0.0998. The highest BCUT2D eigenvalue weighted by atomic mass is 32.2. The maximum absolute atomic E-state index is 13.9. The molecule has 1 fully saturated rings. The molecular weight excluding hydrogens is 538 g/mol. The van der Waals surface area contributed by atoms with Crippen molar-refractivity contribution in [3.8, 4) is 0 Å². The van der Waals surface area contributed by atoms with Crippen LogP contribution in [-0.4, -0.2) is 62.4 Å². The number of β-lactam (4-membered cyclic amide) rings is 1. The van der Waals surface area contributed by atoms with Gasteiger partial charge in [0.05, 0.1) is 28.9 Å². The number of nitro benzene ring substituents is 2. The Bertz CT molecular complexity index is 1300. The summed E-state index contributed by atoms with van der Waals surface area (Å²) in [6.45, 7) is 13.1. The molecule has 13 nitrogen and oxygen atoms in total. The van der Waals surface area contributed by atoms with Crippen LogP contribution in [0.4, 0.5) is 11.4 Å². The number of likely N-dealkylation sites (tertiary alicyclic amines) is 1. The lowest BCUT2D eigenvalue weighted by molar-refractivity contribution is -0.396. The fourth-order valence-electron chi connectivity index (χ4n) is 3.81. The summed E-state index contributed by atoms with van der Waals surface area (Å²) in [5.41, 5.74) is -1.68. The van der Waals surface area contributed by atoms with Crippen molar-refractivity contribution >= 4 is 41.4 Å². The first-order valence-corrected chi connectivity index (χ1v) is 16.1. The number of carbonyl (C=O) groups is 2. The van der Waals surface area contributed by atoms with E-state index in [4.69, 9.17) is 9.16 Å². The number of esters is 1. The van der Waals surface area contributed by atoms with Crippen molar-refractivity contribution in [2.24, 2.45) is 5.92 Å². The maximum Gasteiger partial charge on any atom is 0.354 e. The molecule has 1 aliphatic heterocycles. The van der Waals surface area contributed by atoms with Crippen molar-refractivity contribution in [2.75, 3.05) is 13.7 Å². The van der Waals surface area contributed by atoms with Crippen LogP contribution in [0.3, 0.4) is 0 Å². The first kappa shape index (κ1) is 31.0. The molecule has 1 saturated heterocycles. The number of carbonyl (C=O) groups excluding carboxylic acids is 2. The van der Waals surface area contributed by atoms with Gasteiger partial charge in [0.1, 0.15) is 10.6 Å². The Morgan fingerprint density at radius 1 is 1.13 bits per heavy atom. The van der Waals surface area contributed by atoms with Crippen molar-refractivity contribution < 1.29 is 37.0 Å². The third kappa shape index (κ3) is 5.78. The van der Waals surface area contributed by atoms with Gasteiger partial charge < -0.3 is 9.16 Å². The number of hydrogen-bond acceptors (Lipinski definition) is 10. The highest BCUT2D eigenvalue weighted by Crippen LogP contribution is 2.44. The molecule has 1 aliphatic rings. The number of nitrogens with zero attached hydrogens (tertiary/aromatic N) is 3. The third-order valence-corrected chi connectivity index (χ3v) is 13.6. The van der Waals surface area contributed by atoms with Gasteiger partial charge in [0.15, 0.2) is 13.7 Å². The minimum absolute atomic E-state index is 0.0241. The van der Waals surface area contributed by atoms with Gasteiger partial charge in [-0.1, -0.05) is 20.8 Å². The topological polar surface area (TPSA) is 176 Å². The van der Waals surface area contributed by atoms with Gasteiger partial charge in [0, 0.05) is 12.7 Å². The lowest BCUT2D eigenvalue weighted by Crippen LogP contribution is -2.64. The minimum Gasteiger partial charge on any atom is -0.464 e. The molecule has 0 saturated carbocycles. The number of hydrogen-bond donors (Lipinski definition) is 0. The Morgan fingerprint density at radius 2 is 1.71 bits per heavy atom. The molecule has 0 bridgehead atoms. The molecule has 0 radical (unpaired) electrons. The van der Waals surface area contributed by atoms with Gasteiger partial charge in [-0.15, -0.1) is 0 Å². The van der Waals surface area contributed by atoms with Crippen LogP contribution in [0.5, 0.6) is 0 Å². The van der Waals surface area contributed by atoms with E-state index in [1.165, 1.54) is 13.8 Å². The maximum atomic E-state index is 13.9. The van der Waals surface area contributed by atoms with Crippen LogP contribution in [0.25, 0.3) is 0 Å². The fourth-order valence-corrected chi connectivity index (χ4v) is 6.99. The summed E-state index contributed by atoms with van der Waals surface area (Å²) in [4.78, 5) is 46.7. The molecule has 0 aliphatic carbocycles. The van der Waals surface area contributed by atoms with Crippen LogP contribution < -0.4 is 0 Å². The van der Waals surface area contributed by atoms with E-state index in [1.807, 2.05) is 33.9 Å². The molecule has 1 heterocycles. The molecule has 0 aromatic heterocycles. The van der Waals surface area contributed by atoms with Gasteiger partial charge in [-0.3, -0.25) is 29.9 Å². The molecule has 0 unspecified atom stereocenters. The lowest BCUT2D eigenvalue weighted by Gasteiger charge is -2.47. The zero-order chi connectivity index (χ0) is 29.4. The highest BCUT2D eigenvalue weighted by molar-refractivity contribution is 7.92. The summed E-state index contributed by atoms with van der Waals surface area (Å²) < 4.78 is 38.6. The molecule has 210 valence electrons. The van der Waals surface area contributed by atoms with E-state index in [0.29, 0.717) is 11.6 Å². The number of non-ortho nitro benzene ring substituents is 1. The zero-order valence-corrected chi connectivity index (χ0v) is 24.4. The van der Waals surface area contributed by atoms with Crippen molar-refractivity contribution in [1.29, 1.82) is 0 Å². The minimum atomic E-state index is -4.71. The normalized spacial score (nSPS) is 18.0. The summed E-state index contributed by atoms with van der Waals surface area (Å²) in [5, 5.41) is 21.0. The Kier molecular flexibility index (Phi) is 8.91. The number of nitro groups is 2. The Hall–Kier alpha value is -3.17. The smallest absolute Gasteiger partial charge is 0.354 e. The van der Waals surface area contributed by atoms with E-state index < -0.39 is 67.4 Å². The summed E-state index contributed by atoms with van der Waals surface area (Å²) in [7, 11) is -5.88. The summed E-state index contributed by atoms with van der Waals surface area (Å²) in [5.74, 6) is -2.81. The van der Waals surface area contributed by atoms with Gasteiger partial charge in [0.2, 0.25) is 15.7 Å². The van der Waals surface area contributed by atoms with Gasteiger partial charge >= 0.3 is 5.97 Å². The number of amides is 1. The van der Waals surface area contributed by atoms with Crippen molar-refractivity contribution in [1.82, 2.24) is 4.90 Å². The second-order valence-corrected chi connectivity index (χ2v) is 17.5. The van der Waals surface area contributed by atoms with Crippen LogP contribution in [0.15, 0.2) is 34.4 Å². The van der Waals surface area contributed by atoms with Gasteiger partial charge in [-0.25, -0.2) is 13.2 Å². The molecule has 0 N–H and O–H groups in total. The Morgan fingerprint density at radius 3 is 2.16 bits per heavy atom. The number of benzene rings is 1. The average molecular weight is 572 g/mol. The van der Waals surface area contributed by atoms with Crippen LogP contribution in [-0.2, 0) is 28.6 Å². The predicted molar refractivity (Wildman–Crippen MR) is 139 cm³/mol. The number of ether oxygens (including phenoxy) is 1. The number of rotatable bonds is 10. The van der Waals surface area contributed by atoms with E-state index in [2.05, 4.69) is 0 Å². The first-order valence-electron chi connectivity index (χ1n) is 11.7. The second kappa shape index (κ2) is 10.9. The Balaban J connectivity index is 2.63. The van der Waals surface area contributed by atoms with E-state index in [-0.39, 0.29) is 23.8 Å². The number of allylic oxidation sites excluding steroid dienone is 1. The SMILES string of the molecule is COC(=O)C(=C(C)C)N1C(=O)[C@@H](CCO[Si](C)(C)C(C)(C)C)[C@H]1S(=O)(=O)c1ccc([N+](=O)[O-])cc1[N+](=O)[O-]. The van der Waals surface area contributed by atoms with Crippen molar-refractivity contribution in [2.45, 2.75) is 69.4 Å². The summed E-state index contributed by atoms with van der Waals surface area (Å²) in [6.07, 6.45) is -0.0241. The molecule has 1 aromatic carbocycles. The molecular formula is C23H33N3O10SSi. The first-order chi connectivity index (χ1) is 17.3. The molecule has 1 aromatic rings. The Labute approximate surface area is 222 Å². The molecule has 2 rings (SSSR count). The van der Waals surface area contributed by atoms with Gasteiger partial charge in [-0.2, -0.15) is 0 Å². The van der Waals surface area contributed by atoms with Crippen LogP contribution in [0.2, 0.25) is 18.1 Å². The fraction of sp³-hybridized carbons (Fsp3) is 0.565. The van der Waals surface area contributed by atoms with E-state index in [0.717, 1.165) is 24.1 Å². The molecule has 1 amide bonds. The van der Waals surface area contributed by atoms with Gasteiger partial charge in [0.25, 0.3) is 11.4 Å². The third-order valence-electron chi connectivity index (χ3n) is 6.92. The zero-order valence-electron chi connectivity index (χ0n) is 22.6. The molecule has 0 spiro atoms. The summed E-state index contributed by atoms with van der Waals surface area (Å²) in [6, 6.07) is 2.16.